The van der Waals surface area contributed by atoms with Crippen LogP contribution >= 0.6 is 0 Å². The molecule has 0 aromatic carbocycles. The molecule has 1 heterocycles. The molecule has 0 saturated heterocycles. The number of H-pyrrole nitrogens is 1. The second kappa shape index (κ2) is 5.90. The van der Waals surface area contributed by atoms with Crippen LogP contribution in [0.25, 0.3) is 0 Å². The highest BCUT2D eigenvalue weighted by Gasteiger charge is 2.39. The van der Waals surface area contributed by atoms with E-state index in [2.05, 4.69) is 10.3 Å². The summed E-state index contributed by atoms with van der Waals surface area (Å²) in [6.07, 6.45) is 6.63. The number of carbonyl (C=O) groups is 2. The van der Waals surface area contributed by atoms with E-state index in [4.69, 9.17) is 0 Å². The van der Waals surface area contributed by atoms with E-state index < -0.39 is 17.3 Å². The molecule has 0 aliphatic heterocycles. The van der Waals surface area contributed by atoms with Crippen LogP contribution in [0.15, 0.2) is 23.3 Å². The number of aromatic nitrogens is 1. The number of aromatic amines is 1. The van der Waals surface area contributed by atoms with Crippen molar-refractivity contribution in [3.8, 4) is 0 Å². The Morgan fingerprint density at radius 2 is 2.00 bits per heavy atom. The first-order valence-electron chi connectivity index (χ1n) is 6.74. The minimum atomic E-state index is -0.893. The van der Waals surface area contributed by atoms with Gasteiger partial charge >= 0.3 is 5.97 Å². The molecule has 1 aliphatic rings. The van der Waals surface area contributed by atoms with Gasteiger partial charge in [-0.25, -0.2) is 0 Å². The number of carboxylic acids is 1. The van der Waals surface area contributed by atoms with Crippen LogP contribution in [0.2, 0.25) is 0 Å². The number of hydrogen-bond acceptors (Lipinski definition) is 3. The van der Waals surface area contributed by atoms with Crippen molar-refractivity contribution in [1.29, 1.82) is 0 Å². The Labute approximate surface area is 116 Å². The number of pyridine rings is 1. The molecule has 6 nitrogen and oxygen atoms in total. The first kappa shape index (κ1) is 14.3. The van der Waals surface area contributed by atoms with Gasteiger partial charge in [0.15, 0.2) is 5.43 Å². The fourth-order valence-corrected chi connectivity index (χ4v) is 2.63. The summed E-state index contributed by atoms with van der Waals surface area (Å²) in [6.45, 7) is 0.0650. The average Bonchev–Trinajstić information content (AvgIpc) is 2.46. The molecule has 6 heteroatoms. The number of rotatable bonds is 4. The summed E-state index contributed by atoms with van der Waals surface area (Å²) in [6, 6.07) is 1.27. The second-order valence-corrected chi connectivity index (χ2v) is 5.25. The third kappa shape index (κ3) is 2.89. The molecule has 0 unspecified atom stereocenters. The number of hydrogen-bond donors (Lipinski definition) is 3. The van der Waals surface area contributed by atoms with E-state index in [-0.39, 0.29) is 17.5 Å². The zero-order valence-electron chi connectivity index (χ0n) is 11.1. The van der Waals surface area contributed by atoms with Crippen LogP contribution in [0, 0.1) is 5.41 Å². The van der Waals surface area contributed by atoms with E-state index in [1.165, 1.54) is 18.5 Å². The molecular formula is C14H18N2O4. The van der Waals surface area contributed by atoms with E-state index in [1.807, 2.05) is 0 Å². The van der Waals surface area contributed by atoms with Crippen molar-refractivity contribution < 1.29 is 14.7 Å². The molecule has 0 atom stereocenters. The lowest BCUT2D eigenvalue weighted by atomic mass is 9.74. The lowest BCUT2D eigenvalue weighted by molar-refractivity contribution is -0.150. The zero-order valence-corrected chi connectivity index (χ0v) is 11.1. The van der Waals surface area contributed by atoms with Crippen molar-refractivity contribution in [2.24, 2.45) is 5.41 Å². The summed E-state index contributed by atoms with van der Waals surface area (Å²) in [5, 5.41) is 12.0. The summed E-state index contributed by atoms with van der Waals surface area (Å²) in [5.41, 5.74) is -1.27. The van der Waals surface area contributed by atoms with E-state index in [0.29, 0.717) is 12.8 Å². The molecule has 2 rings (SSSR count). The van der Waals surface area contributed by atoms with Crippen molar-refractivity contribution in [3.05, 3.63) is 34.2 Å². The van der Waals surface area contributed by atoms with Gasteiger partial charge in [-0.15, -0.1) is 0 Å². The lowest BCUT2D eigenvalue weighted by Gasteiger charge is -2.33. The van der Waals surface area contributed by atoms with Crippen LogP contribution in [-0.4, -0.2) is 28.5 Å². The molecule has 1 fully saturated rings. The number of carboxylic acid groups (broad SMARTS) is 1. The predicted molar refractivity (Wildman–Crippen MR) is 72.5 cm³/mol. The van der Waals surface area contributed by atoms with Gasteiger partial charge in [0.05, 0.1) is 5.41 Å². The van der Waals surface area contributed by atoms with Crippen molar-refractivity contribution in [3.63, 3.8) is 0 Å². The first-order valence-corrected chi connectivity index (χ1v) is 6.74. The highest BCUT2D eigenvalue weighted by molar-refractivity contribution is 5.94. The maximum Gasteiger partial charge on any atom is 0.311 e. The van der Waals surface area contributed by atoms with Gasteiger partial charge in [-0.2, -0.15) is 0 Å². The van der Waals surface area contributed by atoms with Gasteiger partial charge in [-0.3, -0.25) is 14.4 Å². The molecule has 1 amide bonds. The van der Waals surface area contributed by atoms with E-state index in [0.717, 1.165) is 19.3 Å². The number of amides is 1. The fourth-order valence-electron chi connectivity index (χ4n) is 2.63. The van der Waals surface area contributed by atoms with Gasteiger partial charge in [0, 0.05) is 25.0 Å². The lowest BCUT2D eigenvalue weighted by Crippen LogP contribution is -2.45. The van der Waals surface area contributed by atoms with Crippen molar-refractivity contribution in [2.45, 2.75) is 32.1 Å². The molecule has 1 aromatic rings. The summed E-state index contributed by atoms with van der Waals surface area (Å²) >= 11 is 0. The van der Waals surface area contributed by atoms with Crippen molar-refractivity contribution in [2.75, 3.05) is 6.54 Å². The highest BCUT2D eigenvalue weighted by Crippen LogP contribution is 2.36. The Morgan fingerprint density at radius 3 is 2.60 bits per heavy atom. The van der Waals surface area contributed by atoms with Gasteiger partial charge in [0.25, 0.3) is 5.91 Å². The van der Waals surface area contributed by atoms with Gasteiger partial charge in [-0.1, -0.05) is 19.3 Å². The fraction of sp³-hybridized carbons (Fsp3) is 0.500. The molecule has 1 aromatic heterocycles. The quantitative estimate of drug-likeness (QED) is 0.769. The largest absolute Gasteiger partial charge is 0.481 e. The Bertz CT molecular complexity index is 558. The molecule has 0 radical (unpaired) electrons. The molecule has 0 spiro atoms. The van der Waals surface area contributed by atoms with Crippen LogP contribution in [-0.2, 0) is 4.79 Å². The Balaban J connectivity index is 2.07. The van der Waals surface area contributed by atoms with Gasteiger partial charge in [0.2, 0.25) is 0 Å². The number of carbonyl (C=O) groups excluding carboxylic acids is 1. The van der Waals surface area contributed by atoms with Gasteiger partial charge in [-0.05, 0) is 12.8 Å². The van der Waals surface area contributed by atoms with E-state index in [9.17, 15) is 19.5 Å². The smallest absolute Gasteiger partial charge is 0.311 e. The Hall–Kier alpha value is -2.11. The monoisotopic (exact) mass is 278 g/mol. The molecule has 108 valence electrons. The van der Waals surface area contributed by atoms with Crippen molar-refractivity contribution in [1.82, 2.24) is 10.3 Å². The maximum atomic E-state index is 11.9. The van der Waals surface area contributed by atoms with Crippen molar-refractivity contribution >= 4 is 11.9 Å². The van der Waals surface area contributed by atoms with Crippen LogP contribution in [0.4, 0.5) is 0 Å². The zero-order chi connectivity index (χ0) is 14.6. The molecule has 1 aliphatic carbocycles. The average molecular weight is 278 g/mol. The van der Waals surface area contributed by atoms with Crippen LogP contribution in [0.1, 0.15) is 42.5 Å². The topological polar surface area (TPSA) is 99.3 Å². The Morgan fingerprint density at radius 1 is 1.30 bits per heavy atom. The summed E-state index contributed by atoms with van der Waals surface area (Å²) in [4.78, 5) is 37.6. The second-order valence-electron chi connectivity index (χ2n) is 5.25. The molecule has 20 heavy (non-hydrogen) atoms. The SMILES string of the molecule is O=C(NCC1(C(=O)O)CCCCC1)c1c[nH]ccc1=O. The third-order valence-corrected chi connectivity index (χ3v) is 3.92. The van der Waals surface area contributed by atoms with Crippen LogP contribution < -0.4 is 10.7 Å². The first-order chi connectivity index (χ1) is 9.55. The Kier molecular flexibility index (Phi) is 4.22. The van der Waals surface area contributed by atoms with Gasteiger partial charge in [0.1, 0.15) is 5.56 Å². The van der Waals surface area contributed by atoms with E-state index in [1.54, 1.807) is 0 Å². The highest BCUT2D eigenvalue weighted by atomic mass is 16.4. The molecule has 3 N–H and O–H groups in total. The minimum absolute atomic E-state index is 0.00356. The standard InChI is InChI=1S/C14H18N2O4/c17-11-4-7-15-8-10(11)12(18)16-9-14(13(19)20)5-2-1-3-6-14/h4,7-8H,1-3,5-6,9H2,(H,15,17)(H,16,18)(H,19,20). The summed E-state index contributed by atoms with van der Waals surface area (Å²) in [7, 11) is 0. The predicted octanol–water partition coefficient (Wildman–Crippen LogP) is 1.14. The summed E-state index contributed by atoms with van der Waals surface area (Å²) in [5.74, 6) is -1.41. The number of nitrogens with one attached hydrogen (secondary N) is 2. The number of aliphatic carboxylic acids is 1. The molecule has 0 bridgehead atoms. The summed E-state index contributed by atoms with van der Waals surface area (Å²) < 4.78 is 0. The third-order valence-electron chi connectivity index (χ3n) is 3.92. The minimum Gasteiger partial charge on any atom is -0.481 e. The van der Waals surface area contributed by atoms with Crippen LogP contribution in [0.5, 0.6) is 0 Å². The normalized spacial score (nSPS) is 17.4. The maximum absolute atomic E-state index is 11.9. The van der Waals surface area contributed by atoms with Crippen LogP contribution in [0.3, 0.4) is 0 Å². The van der Waals surface area contributed by atoms with Gasteiger partial charge < -0.3 is 15.4 Å². The molecular weight excluding hydrogens is 260 g/mol. The van der Waals surface area contributed by atoms with E-state index >= 15 is 0 Å². The molecule has 1 saturated carbocycles.